The van der Waals surface area contributed by atoms with E-state index in [1.165, 1.54) is 0 Å². The highest BCUT2D eigenvalue weighted by Gasteiger charge is 2.34. The van der Waals surface area contributed by atoms with Crippen molar-refractivity contribution in [2.24, 2.45) is 5.73 Å². The first-order valence-electron chi connectivity index (χ1n) is 13.0. The summed E-state index contributed by atoms with van der Waals surface area (Å²) in [6, 6.07) is 30.5. The van der Waals surface area contributed by atoms with Crippen LogP contribution in [0.15, 0.2) is 91.0 Å². The topological polar surface area (TPSA) is 74.5 Å². The third kappa shape index (κ3) is 5.38. The van der Waals surface area contributed by atoms with Crippen molar-refractivity contribution in [2.45, 2.75) is 43.8 Å². The lowest BCUT2D eigenvalue weighted by molar-refractivity contribution is 0.140. The number of carbonyl (C=O) groups is 1. The van der Waals surface area contributed by atoms with Crippen LogP contribution in [0.25, 0.3) is 10.9 Å². The molecule has 6 heteroatoms. The summed E-state index contributed by atoms with van der Waals surface area (Å²) >= 11 is 0. The fourth-order valence-corrected chi connectivity index (χ4v) is 5.61. The van der Waals surface area contributed by atoms with Crippen molar-refractivity contribution in [3.05, 3.63) is 102 Å². The highest BCUT2D eigenvalue weighted by Crippen LogP contribution is 2.36. The molecule has 2 amide bonds. The number of amides is 2. The quantitative estimate of drug-likeness (QED) is 0.322. The van der Waals surface area contributed by atoms with Gasteiger partial charge in [0.2, 0.25) is 0 Å². The van der Waals surface area contributed by atoms with Gasteiger partial charge in [0.05, 0.1) is 11.6 Å². The fourth-order valence-electron chi connectivity index (χ4n) is 5.61. The van der Waals surface area contributed by atoms with Gasteiger partial charge in [-0.25, -0.2) is 9.78 Å². The van der Waals surface area contributed by atoms with E-state index in [2.05, 4.69) is 66.8 Å². The number of fused-ring (bicyclic) bond motifs is 1. The minimum absolute atomic E-state index is 0.0721. The van der Waals surface area contributed by atoms with Crippen LogP contribution in [0.4, 0.5) is 16.3 Å². The van der Waals surface area contributed by atoms with Gasteiger partial charge in [0.1, 0.15) is 5.82 Å². The summed E-state index contributed by atoms with van der Waals surface area (Å²) in [7, 11) is 4.12. The molecule has 3 aromatic carbocycles. The summed E-state index contributed by atoms with van der Waals surface area (Å²) < 4.78 is 0. The Morgan fingerprint density at radius 2 is 1.43 bits per heavy atom. The summed E-state index contributed by atoms with van der Waals surface area (Å²) in [5, 5.41) is 4.82. The maximum absolute atomic E-state index is 12.9. The van der Waals surface area contributed by atoms with Crippen LogP contribution >= 0.6 is 0 Å². The van der Waals surface area contributed by atoms with Crippen molar-refractivity contribution < 1.29 is 4.79 Å². The van der Waals surface area contributed by atoms with Crippen molar-refractivity contribution in [1.29, 1.82) is 0 Å². The number of carbonyl (C=O) groups excluding carboxylic acids is 1. The molecule has 0 unspecified atom stereocenters. The van der Waals surface area contributed by atoms with Gasteiger partial charge in [-0.05, 0) is 42.9 Å². The summed E-state index contributed by atoms with van der Waals surface area (Å²) in [6.07, 6.45) is 3.64. The Kier molecular flexibility index (Phi) is 7.26. The molecule has 1 fully saturated rings. The largest absolute Gasteiger partial charge is 0.377 e. The minimum Gasteiger partial charge on any atom is -0.377 e. The van der Waals surface area contributed by atoms with E-state index >= 15 is 0 Å². The van der Waals surface area contributed by atoms with Gasteiger partial charge in [-0.15, -0.1) is 0 Å². The van der Waals surface area contributed by atoms with Gasteiger partial charge in [-0.3, -0.25) is 0 Å². The van der Waals surface area contributed by atoms with Gasteiger partial charge in [0.25, 0.3) is 0 Å². The van der Waals surface area contributed by atoms with Gasteiger partial charge in [0.15, 0.2) is 0 Å². The Bertz CT molecular complexity index is 1290. The molecule has 1 heterocycles. The van der Waals surface area contributed by atoms with Crippen LogP contribution in [0.1, 0.15) is 42.9 Å². The Morgan fingerprint density at radius 1 is 0.865 bits per heavy atom. The molecule has 0 saturated heterocycles. The zero-order chi connectivity index (χ0) is 25.8. The predicted octanol–water partition coefficient (Wildman–Crippen LogP) is 6.19. The number of hydrogen-bond acceptors (Lipinski definition) is 4. The molecular formula is C31H35N5O. The van der Waals surface area contributed by atoms with E-state index in [1.807, 2.05) is 53.4 Å². The second kappa shape index (κ2) is 10.9. The highest BCUT2D eigenvalue weighted by molar-refractivity contribution is 5.93. The van der Waals surface area contributed by atoms with Crippen LogP contribution in [0.2, 0.25) is 0 Å². The molecular weight excluding hydrogens is 458 g/mol. The lowest BCUT2D eigenvalue weighted by Gasteiger charge is -2.41. The normalized spacial score (nSPS) is 17.5. The number of benzene rings is 3. The van der Waals surface area contributed by atoms with Crippen LogP contribution < -0.4 is 16.0 Å². The first kappa shape index (κ1) is 24.6. The SMILES string of the molecule is CN(C)c1cc(NC2CCC(N(C(N)=O)C(c3ccccc3)c3ccccc3)CC2)nc2ccccc12. The molecule has 0 spiro atoms. The number of rotatable bonds is 7. The van der Waals surface area contributed by atoms with Crippen LogP contribution in [0.3, 0.4) is 0 Å². The first-order valence-corrected chi connectivity index (χ1v) is 13.0. The first-order chi connectivity index (χ1) is 18.0. The second-order valence-corrected chi connectivity index (χ2v) is 10.1. The maximum Gasteiger partial charge on any atom is 0.315 e. The lowest BCUT2D eigenvalue weighted by atomic mass is 9.87. The van der Waals surface area contributed by atoms with E-state index in [-0.39, 0.29) is 18.1 Å². The number of hydrogen-bond donors (Lipinski definition) is 2. The number of primary amides is 1. The molecule has 5 rings (SSSR count). The van der Waals surface area contributed by atoms with E-state index in [0.29, 0.717) is 6.04 Å². The van der Waals surface area contributed by atoms with Gasteiger partial charge < -0.3 is 20.9 Å². The molecule has 3 N–H and O–H groups in total. The van der Waals surface area contributed by atoms with Gasteiger partial charge >= 0.3 is 6.03 Å². The van der Waals surface area contributed by atoms with E-state index in [0.717, 1.165) is 59.2 Å². The smallest absolute Gasteiger partial charge is 0.315 e. The van der Waals surface area contributed by atoms with Crippen LogP contribution in [-0.4, -0.2) is 42.1 Å². The standard InChI is InChI=1S/C31H35N5O/c1-35(2)28-21-29(34-27-16-10-9-15-26(27)28)33-24-17-19-25(20-18-24)36(31(32)37)30(22-11-5-3-6-12-22)23-13-7-4-8-14-23/h3-16,21,24-25,30H,17-20H2,1-2H3,(H2,32,37)(H,33,34). The Balaban J connectivity index is 1.35. The Morgan fingerprint density at radius 3 is 2.00 bits per heavy atom. The van der Waals surface area contributed by atoms with E-state index in [9.17, 15) is 4.79 Å². The number of para-hydroxylation sites is 1. The third-order valence-corrected chi connectivity index (χ3v) is 7.38. The number of aromatic nitrogens is 1. The maximum atomic E-state index is 12.9. The molecule has 4 aromatic rings. The summed E-state index contributed by atoms with van der Waals surface area (Å²) in [5.74, 6) is 0.893. The monoisotopic (exact) mass is 493 g/mol. The lowest BCUT2D eigenvalue weighted by Crippen LogP contribution is -2.48. The number of urea groups is 1. The van der Waals surface area contributed by atoms with Crippen molar-refractivity contribution in [3.63, 3.8) is 0 Å². The van der Waals surface area contributed by atoms with E-state index < -0.39 is 0 Å². The number of nitrogens with one attached hydrogen (secondary N) is 1. The molecule has 0 atom stereocenters. The van der Waals surface area contributed by atoms with Gasteiger partial charge in [-0.2, -0.15) is 0 Å². The number of pyridine rings is 1. The molecule has 0 radical (unpaired) electrons. The van der Waals surface area contributed by atoms with E-state index in [1.54, 1.807) is 0 Å². The molecule has 6 nitrogen and oxygen atoms in total. The molecule has 0 aliphatic heterocycles. The molecule has 190 valence electrons. The zero-order valence-electron chi connectivity index (χ0n) is 21.5. The summed E-state index contributed by atoms with van der Waals surface area (Å²) in [5.41, 5.74) is 10.3. The summed E-state index contributed by atoms with van der Waals surface area (Å²) in [6.45, 7) is 0. The van der Waals surface area contributed by atoms with E-state index in [4.69, 9.17) is 10.7 Å². The number of nitrogens with two attached hydrogens (primary N) is 1. The molecule has 1 aromatic heterocycles. The van der Waals surface area contributed by atoms with Crippen LogP contribution in [0, 0.1) is 0 Å². The zero-order valence-corrected chi connectivity index (χ0v) is 21.5. The second-order valence-electron chi connectivity index (χ2n) is 10.1. The molecule has 1 aliphatic rings. The molecule has 1 saturated carbocycles. The average molecular weight is 494 g/mol. The molecule has 0 bridgehead atoms. The van der Waals surface area contributed by atoms with Crippen molar-refractivity contribution >= 4 is 28.4 Å². The minimum atomic E-state index is -0.374. The van der Waals surface area contributed by atoms with Crippen LogP contribution in [-0.2, 0) is 0 Å². The van der Waals surface area contributed by atoms with Gasteiger partial charge in [0, 0.05) is 43.3 Å². The number of nitrogens with zero attached hydrogens (tertiary/aromatic N) is 3. The highest BCUT2D eigenvalue weighted by atomic mass is 16.2. The average Bonchev–Trinajstić information content (AvgIpc) is 2.92. The van der Waals surface area contributed by atoms with Crippen LogP contribution in [0.5, 0.6) is 0 Å². The Labute approximate surface area is 219 Å². The van der Waals surface area contributed by atoms with Crippen molar-refractivity contribution in [2.75, 3.05) is 24.3 Å². The predicted molar refractivity (Wildman–Crippen MR) is 152 cm³/mol. The van der Waals surface area contributed by atoms with Crippen molar-refractivity contribution in [3.8, 4) is 0 Å². The summed E-state index contributed by atoms with van der Waals surface area (Å²) in [4.78, 5) is 21.8. The van der Waals surface area contributed by atoms with Crippen molar-refractivity contribution in [1.82, 2.24) is 9.88 Å². The number of anilines is 2. The molecule has 1 aliphatic carbocycles. The fraction of sp³-hybridized carbons (Fsp3) is 0.290. The molecule has 37 heavy (non-hydrogen) atoms. The third-order valence-electron chi connectivity index (χ3n) is 7.38. The Hall–Kier alpha value is -4.06. The van der Waals surface area contributed by atoms with Gasteiger partial charge in [-0.1, -0.05) is 78.9 Å².